The summed E-state index contributed by atoms with van der Waals surface area (Å²) >= 11 is 4.81. The van der Waals surface area contributed by atoms with Gasteiger partial charge in [-0.3, -0.25) is 9.78 Å². The molecule has 0 radical (unpaired) electrons. The molecule has 38 heavy (non-hydrogen) atoms. The Morgan fingerprint density at radius 1 is 1.00 bits per heavy atom. The maximum atomic E-state index is 13.8. The molecule has 0 saturated carbocycles. The van der Waals surface area contributed by atoms with Gasteiger partial charge in [0.15, 0.2) is 0 Å². The maximum Gasteiger partial charge on any atom is 0.321 e. The van der Waals surface area contributed by atoms with Crippen LogP contribution in [0.25, 0.3) is 6.08 Å². The van der Waals surface area contributed by atoms with Crippen molar-refractivity contribution in [2.75, 3.05) is 4.90 Å². The minimum absolute atomic E-state index is 0.131. The molecule has 0 bridgehead atoms. The third kappa shape index (κ3) is 3.67. The lowest BCUT2D eigenvalue weighted by atomic mass is 9.95. The Morgan fingerprint density at radius 2 is 1.79 bits per heavy atom. The highest BCUT2D eigenvalue weighted by Crippen LogP contribution is 2.57. The molecule has 4 heterocycles. The lowest BCUT2D eigenvalue weighted by molar-refractivity contribution is -0.0763. The Morgan fingerprint density at radius 3 is 2.55 bits per heavy atom. The predicted octanol–water partition coefficient (Wildman–Crippen LogP) is 7.46. The van der Waals surface area contributed by atoms with Crippen LogP contribution in [0.5, 0.6) is 5.75 Å². The molecule has 3 aromatic carbocycles. The van der Waals surface area contributed by atoms with Gasteiger partial charge in [-0.2, -0.15) is 5.10 Å². The number of pyridine rings is 1. The van der Waals surface area contributed by atoms with Crippen LogP contribution < -0.4 is 9.64 Å². The largest absolute Gasteiger partial charge is 0.443 e. The fraction of sp³-hybridized carbons (Fsp3) is 0.100. The first-order chi connectivity index (χ1) is 18.6. The monoisotopic (exact) mass is 580 g/mol. The van der Waals surface area contributed by atoms with Crippen LogP contribution in [0.1, 0.15) is 29.2 Å². The minimum Gasteiger partial charge on any atom is -0.443 e. The smallest absolute Gasteiger partial charge is 0.321 e. The molecule has 6 nitrogen and oxygen atoms in total. The summed E-state index contributed by atoms with van der Waals surface area (Å²) < 4.78 is 7.91. The van der Waals surface area contributed by atoms with Gasteiger partial charge < -0.3 is 4.74 Å². The molecule has 3 aliphatic rings. The summed E-state index contributed by atoms with van der Waals surface area (Å²) in [6.45, 7) is 0. The molecule has 0 aliphatic carbocycles. The number of rotatable bonds is 3. The molecule has 1 spiro atoms. The van der Waals surface area contributed by atoms with Crippen LogP contribution in [-0.2, 0) is 0 Å². The maximum absolute atomic E-state index is 13.8. The summed E-state index contributed by atoms with van der Waals surface area (Å²) in [6, 6.07) is 29.6. The molecule has 1 saturated heterocycles. The number of benzene rings is 3. The Kier molecular flexibility index (Phi) is 5.60. The number of fused-ring (bicyclic) bond motifs is 4. The van der Waals surface area contributed by atoms with E-state index < -0.39 is 5.85 Å². The van der Waals surface area contributed by atoms with Crippen molar-refractivity contribution < 1.29 is 9.53 Å². The summed E-state index contributed by atoms with van der Waals surface area (Å²) in [6.07, 6.45) is 6.18. The number of carbonyl (C=O) groups is 1. The number of amides is 1. The zero-order valence-corrected chi connectivity index (χ0v) is 22.5. The number of hydrogen-bond donors (Lipinski definition) is 0. The van der Waals surface area contributed by atoms with Gasteiger partial charge in [-0.05, 0) is 65.4 Å². The van der Waals surface area contributed by atoms with Gasteiger partial charge in [0.25, 0.3) is 5.24 Å². The fourth-order valence-electron chi connectivity index (χ4n) is 5.25. The quantitative estimate of drug-likeness (QED) is 0.252. The van der Waals surface area contributed by atoms with Gasteiger partial charge in [0.1, 0.15) is 5.75 Å². The first-order valence-corrected chi connectivity index (χ1v) is 13.8. The topological polar surface area (TPSA) is 58.0 Å². The molecule has 3 aliphatic heterocycles. The van der Waals surface area contributed by atoms with Gasteiger partial charge in [-0.15, -0.1) is 0 Å². The third-order valence-corrected chi connectivity index (χ3v) is 8.37. The van der Waals surface area contributed by atoms with Crippen LogP contribution in [0.4, 0.5) is 10.5 Å². The Hall–Kier alpha value is -3.88. The predicted molar refractivity (Wildman–Crippen MR) is 154 cm³/mol. The van der Waals surface area contributed by atoms with E-state index in [-0.39, 0.29) is 11.3 Å². The van der Waals surface area contributed by atoms with E-state index in [4.69, 9.17) is 9.84 Å². The Bertz CT molecular complexity index is 1600. The van der Waals surface area contributed by atoms with Crippen LogP contribution in [0.15, 0.2) is 118 Å². The second-order valence-corrected chi connectivity index (χ2v) is 11.1. The summed E-state index contributed by atoms with van der Waals surface area (Å²) in [5, 5.41) is 7.04. The number of hydrazone groups is 1. The number of ether oxygens (including phenoxy) is 1. The van der Waals surface area contributed by atoms with Crippen molar-refractivity contribution >= 4 is 50.4 Å². The molecular formula is C30H21BrN4O2S. The Labute approximate surface area is 232 Å². The molecule has 2 unspecified atom stereocenters. The molecule has 4 aromatic rings. The summed E-state index contributed by atoms with van der Waals surface area (Å²) in [5.41, 5.74) is 4.64. The van der Waals surface area contributed by atoms with Crippen LogP contribution in [0.2, 0.25) is 0 Å². The molecule has 1 fully saturated rings. The average molecular weight is 581 g/mol. The molecule has 1 amide bonds. The number of carbonyl (C=O) groups excluding carboxylic acids is 1. The zero-order valence-electron chi connectivity index (χ0n) is 20.1. The van der Waals surface area contributed by atoms with Crippen molar-refractivity contribution in [3.05, 3.63) is 129 Å². The van der Waals surface area contributed by atoms with Crippen molar-refractivity contribution in [2.45, 2.75) is 18.3 Å². The average Bonchev–Trinajstić information content (AvgIpc) is 3.52. The molecule has 1 aromatic heterocycles. The van der Waals surface area contributed by atoms with Crippen molar-refractivity contribution in [1.82, 2.24) is 9.99 Å². The highest BCUT2D eigenvalue weighted by Gasteiger charge is 2.63. The van der Waals surface area contributed by atoms with Crippen LogP contribution in [0, 0.1) is 0 Å². The molecule has 186 valence electrons. The number of nitrogens with zero attached hydrogens (tertiary/aromatic N) is 4. The normalized spacial score (nSPS) is 22.9. The molecule has 0 N–H and O–H groups in total. The van der Waals surface area contributed by atoms with E-state index in [2.05, 4.69) is 39.1 Å². The van der Waals surface area contributed by atoms with Gasteiger partial charge in [0.2, 0.25) is 0 Å². The van der Waals surface area contributed by atoms with Crippen LogP contribution in [0.3, 0.4) is 0 Å². The molecule has 2 atom stereocenters. The van der Waals surface area contributed by atoms with Crippen LogP contribution in [-0.4, -0.2) is 26.8 Å². The third-order valence-electron chi connectivity index (χ3n) is 6.91. The van der Waals surface area contributed by atoms with Crippen molar-refractivity contribution in [2.24, 2.45) is 5.10 Å². The molecular weight excluding hydrogens is 560 g/mol. The van der Waals surface area contributed by atoms with Crippen molar-refractivity contribution in [1.29, 1.82) is 0 Å². The zero-order chi connectivity index (χ0) is 25.7. The van der Waals surface area contributed by atoms with Gasteiger partial charge in [-0.1, -0.05) is 70.5 Å². The second kappa shape index (κ2) is 9.15. The van der Waals surface area contributed by atoms with E-state index >= 15 is 0 Å². The van der Waals surface area contributed by atoms with E-state index in [1.807, 2.05) is 83.9 Å². The van der Waals surface area contributed by atoms with Gasteiger partial charge >= 0.3 is 5.85 Å². The number of para-hydroxylation sites is 1. The molecule has 8 heteroatoms. The fourth-order valence-corrected chi connectivity index (χ4v) is 6.70. The second-order valence-electron chi connectivity index (χ2n) is 9.20. The highest BCUT2D eigenvalue weighted by atomic mass is 79.9. The summed E-state index contributed by atoms with van der Waals surface area (Å²) in [5.74, 6) is -0.576. The van der Waals surface area contributed by atoms with E-state index in [1.54, 1.807) is 17.3 Å². The number of halogens is 1. The van der Waals surface area contributed by atoms with Gasteiger partial charge in [0.05, 0.1) is 22.3 Å². The standard InChI is InChI=1S/C30H21BrN4O2S/c31-22-13-14-27-24(17-22)26-18-25(21-9-3-1-4-10-21)33-35(26)30(37-27)28(16-20-8-7-15-32-19-20)38-29(36)34(30)23-11-5-2-6-12-23/h1-17,19,26H,18H2/b28-16-. The highest BCUT2D eigenvalue weighted by molar-refractivity contribution is 9.10. The minimum atomic E-state index is -1.30. The van der Waals surface area contributed by atoms with Crippen molar-refractivity contribution in [3.63, 3.8) is 0 Å². The number of aromatic nitrogens is 1. The van der Waals surface area contributed by atoms with Crippen molar-refractivity contribution in [3.8, 4) is 5.75 Å². The van der Waals surface area contributed by atoms with E-state index in [9.17, 15) is 4.79 Å². The lowest BCUT2D eigenvalue weighted by Gasteiger charge is -2.49. The van der Waals surface area contributed by atoms with E-state index in [1.165, 1.54) is 11.8 Å². The number of hydrogen-bond acceptors (Lipinski definition) is 6. The first kappa shape index (κ1) is 23.3. The lowest BCUT2D eigenvalue weighted by Crippen LogP contribution is -2.63. The van der Waals surface area contributed by atoms with Gasteiger partial charge in [0, 0.05) is 28.9 Å². The van der Waals surface area contributed by atoms with Gasteiger partial charge in [-0.25, -0.2) is 9.91 Å². The SMILES string of the molecule is O=C1S/C(=C\c2cccnc2)C2(Oc3ccc(Br)cc3C3CC(c4ccccc4)=NN32)N1c1ccccc1. The van der Waals surface area contributed by atoms with E-state index in [0.717, 1.165) is 43.2 Å². The number of thioether (sulfide) groups is 1. The summed E-state index contributed by atoms with van der Waals surface area (Å²) in [4.78, 5) is 20.6. The Balaban J connectivity index is 1.49. The van der Waals surface area contributed by atoms with E-state index in [0.29, 0.717) is 6.42 Å². The number of anilines is 1. The molecule has 7 rings (SSSR count). The van der Waals surface area contributed by atoms with Crippen LogP contribution >= 0.6 is 27.7 Å². The first-order valence-electron chi connectivity index (χ1n) is 12.2. The summed E-state index contributed by atoms with van der Waals surface area (Å²) in [7, 11) is 0.